The molecule has 0 aliphatic carbocycles. The minimum Gasteiger partial charge on any atom is -0.497 e. The fourth-order valence-electron chi connectivity index (χ4n) is 2.45. The van der Waals surface area contributed by atoms with E-state index in [2.05, 4.69) is 0 Å². The van der Waals surface area contributed by atoms with Crippen molar-refractivity contribution in [2.45, 2.75) is 4.90 Å². The van der Waals surface area contributed by atoms with Crippen LogP contribution in [0.2, 0.25) is 0 Å². The Morgan fingerprint density at radius 2 is 1.65 bits per heavy atom. The smallest absolute Gasteiger partial charge is 0.243 e. The lowest BCUT2D eigenvalue weighted by Crippen LogP contribution is -2.31. The summed E-state index contributed by atoms with van der Waals surface area (Å²) >= 11 is 0. The van der Waals surface area contributed by atoms with Crippen LogP contribution in [0.5, 0.6) is 23.0 Å². The molecule has 0 N–H and O–H groups in total. The van der Waals surface area contributed by atoms with E-state index in [1.165, 1.54) is 23.5 Å². The Labute approximate surface area is 153 Å². The van der Waals surface area contributed by atoms with Crippen LogP contribution in [0.15, 0.2) is 47.4 Å². The quantitative estimate of drug-likeness (QED) is 0.734. The van der Waals surface area contributed by atoms with Gasteiger partial charge in [0, 0.05) is 19.7 Å². The van der Waals surface area contributed by atoms with Gasteiger partial charge in [0.05, 0.1) is 12.0 Å². The van der Waals surface area contributed by atoms with Gasteiger partial charge in [0.25, 0.3) is 0 Å². The van der Waals surface area contributed by atoms with Gasteiger partial charge >= 0.3 is 0 Å². The van der Waals surface area contributed by atoms with Crippen molar-refractivity contribution in [2.24, 2.45) is 0 Å². The Bertz CT molecular complexity index is 850. The van der Waals surface area contributed by atoms with Crippen LogP contribution in [-0.4, -0.2) is 53.2 Å². The molecule has 1 aliphatic rings. The predicted octanol–water partition coefficient (Wildman–Crippen LogP) is 2.17. The summed E-state index contributed by atoms with van der Waals surface area (Å²) in [5.74, 6) is 2.38. The molecule has 0 radical (unpaired) electrons. The van der Waals surface area contributed by atoms with Crippen molar-refractivity contribution in [3.05, 3.63) is 42.5 Å². The van der Waals surface area contributed by atoms with E-state index in [1.54, 1.807) is 37.4 Å². The first-order chi connectivity index (χ1) is 12.5. The highest BCUT2D eigenvalue weighted by Crippen LogP contribution is 2.32. The van der Waals surface area contributed by atoms with Crippen LogP contribution in [0.1, 0.15) is 0 Å². The van der Waals surface area contributed by atoms with E-state index in [9.17, 15) is 8.42 Å². The van der Waals surface area contributed by atoms with Gasteiger partial charge in [0.1, 0.15) is 31.3 Å². The number of rotatable bonds is 7. The zero-order chi connectivity index (χ0) is 18.6. The van der Waals surface area contributed by atoms with Gasteiger partial charge in [-0.2, -0.15) is 4.31 Å². The van der Waals surface area contributed by atoms with Crippen molar-refractivity contribution in [3.63, 3.8) is 0 Å². The van der Waals surface area contributed by atoms with Crippen LogP contribution in [0.3, 0.4) is 0 Å². The van der Waals surface area contributed by atoms with Crippen LogP contribution in [0.25, 0.3) is 0 Å². The van der Waals surface area contributed by atoms with E-state index in [0.717, 1.165) is 5.75 Å². The number of fused-ring (bicyclic) bond motifs is 1. The summed E-state index contributed by atoms with van der Waals surface area (Å²) in [7, 11) is -0.532. The number of methoxy groups -OCH3 is 1. The van der Waals surface area contributed by atoms with Crippen molar-refractivity contribution in [1.29, 1.82) is 0 Å². The third kappa shape index (κ3) is 4.03. The Morgan fingerprint density at radius 1 is 1.00 bits per heavy atom. The minimum atomic E-state index is -3.64. The van der Waals surface area contributed by atoms with Crippen molar-refractivity contribution >= 4 is 10.0 Å². The molecule has 1 aliphatic heterocycles. The largest absolute Gasteiger partial charge is 0.497 e. The van der Waals surface area contributed by atoms with Gasteiger partial charge in [-0.1, -0.05) is 0 Å². The first kappa shape index (κ1) is 18.3. The maximum absolute atomic E-state index is 12.7. The second-order valence-electron chi connectivity index (χ2n) is 5.66. The summed E-state index contributed by atoms with van der Waals surface area (Å²) in [6, 6.07) is 11.7. The van der Waals surface area contributed by atoms with E-state index >= 15 is 0 Å². The van der Waals surface area contributed by atoms with E-state index in [4.69, 9.17) is 18.9 Å². The Hall–Kier alpha value is -2.45. The van der Waals surface area contributed by atoms with Crippen LogP contribution in [0.4, 0.5) is 0 Å². The fraction of sp³-hybridized carbons (Fsp3) is 0.333. The first-order valence-electron chi connectivity index (χ1n) is 8.13. The van der Waals surface area contributed by atoms with Gasteiger partial charge in [0.2, 0.25) is 10.0 Å². The number of ether oxygens (including phenoxy) is 4. The summed E-state index contributed by atoms with van der Waals surface area (Å²) in [6.07, 6.45) is 0. The van der Waals surface area contributed by atoms with Crippen molar-refractivity contribution in [3.8, 4) is 23.0 Å². The number of likely N-dealkylation sites (N-methyl/N-ethyl adjacent to an activating group) is 1. The minimum absolute atomic E-state index is 0.161. The highest BCUT2D eigenvalue weighted by molar-refractivity contribution is 7.89. The molecule has 26 heavy (non-hydrogen) atoms. The van der Waals surface area contributed by atoms with Gasteiger partial charge in [-0.05, 0) is 36.4 Å². The fourth-order valence-corrected chi connectivity index (χ4v) is 3.62. The molecule has 0 saturated heterocycles. The van der Waals surface area contributed by atoms with E-state index in [0.29, 0.717) is 30.5 Å². The van der Waals surface area contributed by atoms with E-state index < -0.39 is 10.0 Å². The number of benzene rings is 2. The third-order valence-electron chi connectivity index (χ3n) is 3.96. The van der Waals surface area contributed by atoms with Crippen LogP contribution < -0.4 is 18.9 Å². The van der Waals surface area contributed by atoms with Crippen molar-refractivity contribution in [1.82, 2.24) is 4.31 Å². The Kier molecular flexibility index (Phi) is 5.53. The molecule has 0 unspecified atom stereocenters. The van der Waals surface area contributed by atoms with E-state index in [-0.39, 0.29) is 18.0 Å². The van der Waals surface area contributed by atoms with Crippen molar-refractivity contribution in [2.75, 3.05) is 40.5 Å². The maximum atomic E-state index is 12.7. The molecule has 0 spiro atoms. The average Bonchev–Trinajstić information content (AvgIpc) is 2.68. The van der Waals surface area contributed by atoms with Gasteiger partial charge in [0.15, 0.2) is 11.5 Å². The third-order valence-corrected chi connectivity index (χ3v) is 5.81. The second-order valence-corrected chi connectivity index (χ2v) is 7.70. The maximum Gasteiger partial charge on any atom is 0.243 e. The summed E-state index contributed by atoms with van der Waals surface area (Å²) in [6.45, 7) is 1.30. The summed E-state index contributed by atoms with van der Waals surface area (Å²) in [5, 5.41) is 0. The highest BCUT2D eigenvalue weighted by atomic mass is 32.2. The molecule has 2 aromatic rings. The molecule has 3 rings (SSSR count). The lowest BCUT2D eigenvalue weighted by atomic mass is 10.3. The molecule has 8 heteroatoms. The molecule has 0 aromatic heterocycles. The molecule has 0 saturated carbocycles. The summed E-state index contributed by atoms with van der Waals surface area (Å²) in [5.41, 5.74) is 0. The number of sulfonamides is 1. The molecule has 0 fully saturated rings. The molecular weight excluding hydrogens is 358 g/mol. The highest BCUT2D eigenvalue weighted by Gasteiger charge is 2.23. The Morgan fingerprint density at radius 3 is 2.35 bits per heavy atom. The van der Waals surface area contributed by atoms with Gasteiger partial charge in [-0.15, -0.1) is 0 Å². The van der Waals surface area contributed by atoms with Gasteiger partial charge in [-0.3, -0.25) is 0 Å². The van der Waals surface area contributed by atoms with Gasteiger partial charge in [-0.25, -0.2) is 8.42 Å². The monoisotopic (exact) mass is 379 g/mol. The first-order valence-corrected chi connectivity index (χ1v) is 9.57. The molecular formula is C18H21NO6S. The van der Waals surface area contributed by atoms with Crippen molar-refractivity contribution < 1.29 is 27.4 Å². The summed E-state index contributed by atoms with van der Waals surface area (Å²) < 4.78 is 48.2. The molecule has 1 heterocycles. The number of nitrogens with zero attached hydrogens (tertiary/aromatic N) is 1. The molecule has 2 aromatic carbocycles. The SMILES string of the molecule is COc1ccc(OCCN(C)S(=O)(=O)c2ccc3c(c2)OCCO3)cc1. The predicted molar refractivity (Wildman–Crippen MR) is 95.7 cm³/mol. The lowest BCUT2D eigenvalue weighted by molar-refractivity contribution is 0.171. The molecule has 0 atom stereocenters. The topological polar surface area (TPSA) is 74.3 Å². The van der Waals surface area contributed by atoms with Crippen LogP contribution in [0, 0.1) is 0 Å². The zero-order valence-electron chi connectivity index (χ0n) is 14.7. The Balaban J connectivity index is 1.61. The molecule has 140 valence electrons. The van der Waals surface area contributed by atoms with E-state index in [1.807, 2.05) is 0 Å². The van der Waals surface area contributed by atoms with Crippen LogP contribution >= 0.6 is 0 Å². The average molecular weight is 379 g/mol. The second kappa shape index (κ2) is 7.84. The number of hydrogen-bond donors (Lipinski definition) is 0. The zero-order valence-corrected chi connectivity index (χ0v) is 15.5. The molecule has 0 bridgehead atoms. The lowest BCUT2D eigenvalue weighted by Gasteiger charge is -2.21. The van der Waals surface area contributed by atoms with Gasteiger partial charge < -0.3 is 18.9 Å². The van der Waals surface area contributed by atoms with Crippen LogP contribution in [-0.2, 0) is 10.0 Å². The number of hydrogen-bond acceptors (Lipinski definition) is 6. The molecule has 7 nitrogen and oxygen atoms in total. The summed E-state index contributed by atoms with van der Waals surface area (Å²) in [4.78, 5) is 0.161. The standard InChI is InChI=1S/C18H21NO6S/c1-19(9-10-23-15-5-3-14(22-2)4-6-15)26(20,21)16-7-8-17-18(13-16)25-12-11-24-17/h3-8,13H,9-12H2,1-2H3. The normalized spacial score (nSPS) is 13.5. The molecule has 0 amide bonds.